The topological polar surface area (TPSA) is 74.7 Å². The maximum Gasteiger partial charge on any atom is 0.360 e. The van der Waals surface area contributed by atoms with Crippen LogP contribution in [0, 0.1) is 0 Å². The lowest BCUT2D eigenvalue weighted by Crippen LogP contribution is -2.13. The molecule has 0 saturated heterocycles. The Morgan fingerprint density at radius 3 is 2.18 bits per heavy atom. The summed E-state index contributed by atoms with van der Waals surface area (Å²) in [5, 5.41) is 0. The van der Waals surface area contributed by atoms with E-state index in [1.165, 1.54) is 19.4 Å². The maximum atomic E-state index is 11.9. The van der Waals surface area contributed by atoms with Gasteiger partial charge < -0.3 is 14.2 Å². The highest BCUT2D eigenvalue weighted by atomic mass is 16.5. The van der Waals surface area contributed by atoms with Gasteiger partial charge in [-0.05, 0) is 18.9 Å². The van der Waals surface area contributed by atoms with E-state index in [-0.39, 0.29) is 17.0 Å². The zero-order chi connectivity index (χ0) is 16.4. The van der Waals surface area contributed by atoms with Crippen molar-refractivity contribution in [1.82, 2.24) is 4.98 Å². The number of hydrogen-bond acceptors (Lipinski definition) is 6. The lowest BCUT2D eigenvalue weighted by Gasteiger charge is -2.09. The van der Waals surface area contributed by atoms with E-state index in [0.29, 0.717) is 13.2 Å². The van der Waals surface area contributed by atoms with Gasteiger partial charge in [-0.3, -0.25) is 0 Å². The van der Waals surface area contributed by atoms with E-state index < -0.39 is 11.9 Å². The molecular formula is C16H23NO5. The quantitative estimate of drug-likeness (QED) is 0.515. The van der Waals surface area contributed by atoms with Gasteiger partial charge in [-0.15, -0.1) is 0 Å². The van der Waals surface area contributed by atoms with Gasteiger partial charge in [0.2, 0.25) is 0 Å². The SMILES string of the molecule is CCCCOC(=O)c1cnc(C(=O)OCCCC)c(OC)c1. The summed E-state index contributed by atoms with van der Waals surface area (Å²) in [6.45, 7) is 4.71. The number of carbonyl (C=O) groups excluding carboxylic acids is 2. The van der Waals surface area contributed by atoms with Crippen LogP contribution in [-0.4, -0.2) is 37.2 Å². The number of rotatable bonds is 9. The Kier molecular flexibility index (Phi) is 7.96. The minimum atomic E-state index is -0.559. The largest absolute Gasteiger partial charge is 0.494 e. The van der Waals surface area contributed by atoms with Crippen molar-refractivity contribution in [2.24, 2.45) is 0 Å². The third-order valence-corrected chi connectivity index (χ3v) is 2.96. The number of aromatic nitrogens is 1. The molecular weight excluding hydrogens is 286 g/mol. The third-order valence-electron chi connectivity index (χ3n) is 2.96. The fourth-order valence-corrected chi connectivity index (χ4v) is 1.64. The lowest BCUT2D eigenvalue weighted by molar-refractivity contribution is 0.0475. The zero-order valence-corrected chi connectivity index (χ0v) is 13.4. The highest BCUT2D eigenvalue weighted by Gasteiger charge is 2.19. The van der Waals surface area contributed by atoms with Crippen LogP contribution in [0.1, 0.15) is 60.4 Å². The summed E-state index contributed by atoms with van der Waals surface area (Å²) in [6, 6.07) is 1.44. The first-order valence-corrected chi connectivity index (χ1v) is 7.52. The van der Waals surface area contributed by atoms with E-state index in [1.807, 2.05) is 13.8 Å². The first-order valence-electron chi connectivity index (χ1n) is 7.52. The fourth-order valence-electron chi connectivity index (χ4n) is 1.64. The summed E-state index contributed by atoms with van der Waals surface area (Å²) >= 11 is 0. The molecule has 0 spiro atoms. The van der Waals surface area contributed by atoms with Crippen LogP contribution in [0.25, 0.3) is 0 Å². The summed E-state index contributed by atoms with van der Waals surface area (Å²) < 4.78 is 15.3. The number of nitrogens with zero attached hydrogens (tertiary/aromatic N) is 1. The van der Waals surface area contributed by atoms with Gasteiger partial charge in [-0.25, -0.2) is 14.6 Å². The molecule has 6 nitrogen and oxygen atoms in total. The normalized spacial score (nSPS) is 10.1. The molecule has 0 aliphatic heterocycles. The number of unbranched alkanes of at least 4 members (excludes halogenated alkanes) is 2. The molecule has 1 rings (SSSR count). The third kappa shape index (κ3) is 5.35. The maximum absolute atomic E-state index is 11.9. The Balaban J connectivity index is 2.77. The predicted octanol–water partition coefficient (Wildman–Crippen LogP) is 3.00. The Bertz CT molecular complexity index is 501. The van der Waals surface area contributed by atoms with Crippen LogP contribution in [-0.2, 0) is 9.47 Å². The number of ether oxygens (including phenoxy) is 3. The van der Waals surface area contributed by atoms with E-state index >= 15 is 0 Å². The first-order chi connectivity index (χ1) is 10.6. The monoisotopic (exact) mass is 309 g/mol. The molecule has 0 atom stereocenters. The Morgan fingerprint density at radius 1 is 1.05 bits per heavy atom. The van der Waals surface area contributed by atoms with E-state index in [4.69, 9.17) is 14.2 Å². The van der Waals surface area contributed by atoms with Crippen LogP contribution >= 0.6 is 0 Å². The van der Waals surface area contributed by atoms with Gasteiger partial charge in [0, 0.05) is 6.20 Å². The summed E-state index contributed by atoms with van der Waals surface area (Å²) in [6.07, 6.45) is 4.76. The average molecular weight is 309 g/mol. The van der Waals surface area contributed by atoms with Crippen molar-refractivity contribution in [2.45, 2.75) is 39.5 Å². The van der Waals surface area contributed by atoms with E-state index in [9.17, 15) is 9.59 Å². The van der Waals surface area contributed by atoms with Crippen LogP contribution in [0.15, 0.2) is 12.3 Å². The van der Waals surface area contributed by atoms with E-state index in [1.54, 1.807) is 0 Å². The van der Waals surface area contributed by atoms with Crippen molar-refractivity contribution in [3.05, 3.63) is 23.5 Å². The summed E-state index contributed by atoms with van der Waals surface area (Å²) in [5.74, 6) is -0.840. The van der Waals surface area contributed by atoms with Crippen molar-refractivity contribution in [2.75, 3.05) is 20.3 Å². The van der Waals surface area contributed by atoms with Gasteiger partial charge in [0.25, 0.3) is 0 Å². The predicted molar refractivity (Wildman–Crippen MR) is 81.2 cm³/mol. The molecule has 0 radical (unpaired) electrons. The first kappa shape index (κ1) is 17.9. The Morgan fingerprint density at radius 2 is 1.64 bits per heavy atom. The summed E-state index contributed by atoms with van der Waals surface area (Å²) in [7, 11) is 1.41. The molecule has 0 bridgehead atoms. The highest BCUT2D eigenvalue weighted by molar-refractivity contribution is 5.94. The standard InChI is InChI=1S/C16H23NO5/c1-4-6-8-21-15(18)12-10-13(20-3)14(17-11-12)16(19)22-9-7-5-2/h10-11H,4-9H2,1-3H3. The molecule has 0 saturated carbocycles. The van der Waals surface area contributed by atoms with Gasteiger partial charge in [0.15, 0.2) is 11.4 Å². The number of esters is 2. The van der Waals surface area contributed by atoms with Crippen LogP contribution < -0.4 is 4.74 Å². The van der Waals surface area contributed by atoms with Crippen LogP contribution in [0.4, 0.5) is 0 Å². The number of hydrogen-bond donors (Lipinski definition) is 0. The zero-order valence-electron chi connectivity index (χ0n) is 13.4. The minimum absolute atomic E-state index is 0.0590. The van der Waals surface area contributed by atoms with Crippen molar-refractivity contribution < 1.29 is 23.8 Å². The smallest absolute Gasteiger partial charge is 0.360 e. The molecule has 0 fully saturated rings. The van der Waals surface area contributed by atoms with Gasteiger partial charge >= 0.3 is 11.9 Å². The fraction of sp³-hybridized carbons (Fsp3) is 0.562. The van der Waals surface area contributed by atoms with E-state index in [0.717, 1.165) is 25.7 Å². The Labute approximate surface area is 130 Å². The number of methoxy groups -OCH3 is 1. The van der Waals surface area contributed by atoms with Crippen LogP contribution in [0.5, 0.6) is 5.75 Å². The lowest BCUT2D eigenvalue weighted by atomic mass is 10.2. The van der Waals surface area contributed by atoms with Gasteiger partial charge in [-0.2, -0.15) is 0 Å². The van der Waals surface area contributed by atoms with Crippen LogP contribution in [0.3, 0.4) is 0 Å². The van der Waals surface area contributed by atoms with Crippen molar-refractivity contribution >= 4 is 11.9 Å². The number of carbonyl (C=O) groups is 2. The molecule has 1 aromatic heterocycles. The molecule has 0 amide bonds. The number of pyridine rings is 1. The minimum Gasteiger partial charge on any atom is -0.494 e. The van der Waals surface area contributed by atoms with E-state index in [2.05, 4.69) is 4.98 Å². The van der Waals surface area contributed by atoms with Gasteiger partial charge in [-0.1, -0.05) is 26.7 Å². The van der Waals surface area contributed by atoms with Gasteiger partial charge in [0.05, 0.1) is 25.9 Å². The molecule has 6 heteroatoms. The summed E-state index contributed by atoms with van der Waals surface area (Å²) in [4.78, 5) is 27.7. The molecule has 0 unspecified atom stereocenters. The molecule has 0 N–H and O–H groups in total. The second-order valence-electron chi connectivity index (χ2n) is 4.75. The van der Waals surface area contributed by atoms with Crippen molar-refractivity contribution in [1.29, 1.82) is 0 Å². The molecule has 1 heterocycles. The molecule has 122 valence electrons. The second-order valence-corrected chi connectivity index (χ2v) is 4.75. The summed E-state index contributed by atoms with van der Waals surface area (Å²) in [5.41, 5.74) is 0.307. The van der Waals surface area contributed by atoms with Crippen molar-refractivity contribution in [3.8, 4) is 5.75 Å². The van der Waals surface area contributed by atoms with Gasteiger partial charge in [0.1, 0.15) is 0 Å². The molecule has 0 aliphatic carbocycles. The van der Waals surface area contributed by atoms with Crippen molar-refractivity contribution in [3.63, 3.8) is 0 Å². The molecule has 22 heavy (non-hydrogen) atoms. The molecule has 0 aliphatic rings. The second kappa shape index (κ2) is 9.76. The van der Waals surface area contributed by atoms with Crippen LogP contribution in [0.2, 0.25) is 0 Å². The molecule has 1 aromatic rings. The molecule has 0 aromatic carbocycles. The Hall–Kier alpha value is -2.11. The highest BCUT2D eigenvalue weighted by Crippen LogP contribution is 2.19. The average Bonchev–Trinajstić information content (AvgIpc) is 2.54.